The fourth-order valence-corrected chi connectivity index (χ4v) is 5.42. The standard InChI is InChI=1S/C27H36N8O2/c1-28-26-22-9-13-35(27(22)31-18-30-26)23-14-20(24(36)25(23)37)17-34(21-15-32-33-16-21)12-5-10-29-11-8-19-6-3-2-4-7-19/h2-4,6-7,9,13,15-16,18,20,23-25,29,36-37H,5,8,10-12,14,17H2,1H3,(H,32,33)(H,28,30,31)/t20-,23-,24-,25+/m1/s1. The predicted octanol–water partition coefficient (Wildman–Crippen LogP) is 2.21. The first-order valence-corrected chi connectivity index (χ1v) is 13.0. The zero-order chi connectivity index (χ0) is 25.6. The van der Waals surface area contributed by atoms with Crippen LogP contribution in [0.4, 0.5) is 11.5 Å². The van der Waals surface area contributed by atoms with Crippen molar-refractivity contribution in [3.05, 3.63) is 66.9 Å². The maximum atomic E-state index is 11.0. The highest BCUT2D eigenvalue weighted by molar-refractivity contribution is 5.87. The predicted molar refractivity (Wildman–Crippen MR) is 145 cm³/mol. The number of hydrogen-bond acceptors (Lipinski definition) is 8. The summed E-state index contributed by atoms with van der Waals surface area (Å²) in [5.41, 5.74) is 3.08. The smallest absolute Gasteiger partial charge is 0.145 e. The Morgan fingerprint density at radius 2 is 1.97 bits per heavy atom. The summed E-state index contributed by atoms with van der Waals surface area (Å²) in [7, 11) is 1.83. The molecule has 196 valence electrons. The minimum atomic E-state index is -0.876. The Morgan fingerprint density at radius 1 is 1.11 bits per heavy atom. The van der Waals surface area contributed by atoms with Gasteiger partial charge in [0.1, 0.15) is 23.9 Å². The number of anilines is 2. The molecule has 1 aliphatic carbocycles. The van der Waals surface area contributed by atoms with Gasteiger partial charge in [0.05, 0.1) is 29.4 Å². The fraction of sp³-hybridized carbons (Fsp3) is 0.444. The van der Waals surface area contributed by atoms with Gasteiger partial charge in [-0.1, -0.05) is 30.3 Å². The lowest BCUT2D eigenvalue weighted by Crippen LogP contribution is -2.37. The Bertz CT molecular complexity index is 1250. The first kappa shape index (κ1) is 25.2. The average Bonchev–Trinajstić information content (AvgIpc) is 3.67. The monoisotopic (exact) mass is 504 g/mol. The second-order valence-corrected chi connectivity index (χ2v) is 9.72. The van der Waals surface area contributed by atoms with Crippen molar-refractivity contribution in [2.45, 2.75) is 37.5 Å². The van der Waals surface area contributed by atoms with Gasteiger partial charge in [0.25, 0.3) is 0 Å². The molecule has 10 nitrogen and oxygen atoms in total. The normalized spacial score (nSPS) is 21.5. The van der Waals surface area contributed by atoms with Crippen LogP contribution in [0.1, 0.15) is 24.4 Å². The molecule has 0 unspecified atom stereocenters. The maximum absolute atomic E-state index is 11.0. The van der Waals surface area contributed by atoms with E-state index in [2.05, 4.69) is 60.0 Å². The molecule has 0 radical (unpaired) electrons. The van der Waals surface area contributed by atoms with E-state index in [0.29, 0.717) is 13.0 Å². The van der Waals surface area contributed by atoms with Crippen molar-refractivity contribution >= 4 is 22.5 Å². The van der Waals surface area contributed by atoms with Crippen LogP contribution in [0.2, 0.25) is 0 Å². The molecular weight excluding hydrogens is 468 g/mol. The number of nitrogens with zero attached hydrogens (tertiary/aromatic N) is 5. The molecule has 1 fully saturated rings. The number of fused-ring (bicyclic) bond motifs is 1. The van der Waals surface area contributed by atoms with Crippen LogP contribution in [-0.4, -0.2) is 80.4 Å². The Balaban J connectivity index is 1.20. The first-order valence-electron chi connectivity index (χ1n) is 13.0. The zero-order valence-corrected chi connectivity index (χ0v) is 21.2. The van der Waals surface area contributed by atoms with Crippen molar-refractivity contribution in [1.29, 1.82) is 0 Å². The Hall–Kier alpha value is -3.47. The molecule has 37 heavy (non-hydrogen) atoms. The number of benzene rings is 1. The lowest BCUT2D eigenvalue weighted by atomic mass is 10.0. The van der Waals surface area contributed by atoms with E-state index in [0.717, 1.165) is 55.0 Å². The second-order valence-electron chi connectivity index (χ2n) is 9.72. The maximum Gasteiger partial charge on any atom is 0.145 e. The van der Waals surface area contributed by atoms with Crippen molar-refractivity contribution < 1.29 is 10.2 Å². The van der Waals surface area contributed by atoms with Crippen molar-refractivity contribution in [1.82, 2.24) is 30.0 Å². The number of aromatic nitrogens is 5. The largest absolute Gasteiger partial charge is 0.390 e. The van der Waals surface area contributed by atoms with Crippen LogP contribution in [-0.2, 0) is 6.42 Å². The summed E-state index contributed by atoms with van der Waals surface area (Å²) in [6.45, 7) is 3.30. The molecular formula is C27H36N8O2. The van der Waals surface area contributed by atoms with Crippen LogP contribution < -0.4 is 15.5 Å². The molecule has 3 heterocycles. The summed E-state index contributed by atoms with van der Waals surface area (Å²) in [6.07, 6.45) is 8.06. The highest BCUT2D eigenvalue weighted by Gasteiger charge is 2.43. The van der Waals surface area contributed by atoms with Gasteiger partial charge in [0, 0.05) is 38.4 Å². The fourth-order valence-electron chi connectivity index (χ4n) is 5.42. The molecule has 5 N–H and O–H groups in total. The molecule has 3 aromatic heterocycles. The van der Waals surface area contributed by atoms with Crippen LogP contribution in [0, 0.1) is 5.92 Å². The van der Waals surface area contributed by atoms with E-state index in [1.54, 1.807) is 0 Å². The molecule has 1 aliphatic rings. The molecule has 0 saturated heterocycles. The number of hydrogen-bond donors (Lipinski definition) is 5. The molecule has 5 rings (SSSR count). The Labute approximate surface area is 216 Å². The zero-order valence-electron chi connectivity index (χ0n) is 21.2. The third kappa shape index (κ3) is 5.61. The van der Waals surface area contributed by atoms with Gasteiger partial charge in [0.15, 0.2) is 0 Å². The van der Waals surface area contributed by atoms with Gasteiger partial charge < -0.3 is 30.3 Å². The SMILES string of the molecule is CNc1ncnc2c1ccn2[C@@H]1C[C@H](CN(CCCNCCc2ccccc2)c2cn[nH]c2)[C@@H](O)[C@H]1O. The van der Waals surface area contributed by atoms with Gasteiger partial charge >= 0.3 is 0 Å². The number of aliphatic hydroxyl groups is 2. The highest BCUT2D eigenvalue weighted by Crippen LogP contribution is 2.38. The van der Waals surface area contributed by atoms with Gasteiger partial charge in [0.2, 0.25) is 0 Å². The van der Waals surface area contributed by atoms with E-state index in [4.69, 9.17) is 0 Å². The molecule has 1 saturated carbocycles. The van der Waals surface area contributed by atoms with E-state index >= 15 is 0 Å². The molecule has 4 aromatic rings. The number of nitrogens with one attached hydrogen (secondary N) is 3. The summed E-state index contributed by atoms with van der Waals surface area (Å²) < 4.78 is 1.98. The lowest BCUT2D eigenvalue weighted by Gasteiger charge is -2.28. The number of aliphatic hydroxyl groups excluding tert-OH is 2. The molecule has 0 bridgehead atoms. The number of H-pyrrole nitrogens is 1. The molecule has 0 spiro atoms. The van der Waals surface area contributed by atoms with Crippen LogP contribution in [0.5, 0.6) is 0 Å². The molecule has 1 aromatic carbocycles. The van der Waals surface area contributed by atoms with E-state index in [-0.39, 0.29) is 12.0 Å². The van der Waals surface area contributed by atoms with E-state index in [9.17, 15) is 10.2 Å². The Kier molecular flexibility index (Phi) is 7.98. The van der Waals surface area contributed by atoms with E-state index in [1.165, 1.54) is 11.9 Å². The van der Waals surface area contributed by atoms with Crippen LogP contribution in [0.15, 0.2) is 61.3 Å². The molecule has 4 atom stereocenters. The summed E-state index contributed by atoms with van der Waals surface area (Å²) >= 11 is 0. The highest BCUT2D eigenvalue weighted by atomic mass is 16.3. The summed E-state index contributed by atoms with van der Waals surface area (Å²) in [4.78, 5) is 11.0. The number of rotatable bonds is 12. The van der Waals surface area contributed by atoms with Crippen LogP contribution in [0.25, 0.3) is 11.0 Å². The third-order valence-corrected chi connectivity index (χ3v) is 7.39. The van der Waals surface area contributed by atoms with Gasteiger partial charge in [-0.15, -0.1) is 0 Å². The van der Waals surface area contributed by atoms with Crippen molar-refractivity contribution in [2.24, 2.45) is 5.92 Å². The van der Waals surface area contributed by atoms with Crippen molar-refractivity contribution in [3.63, 3.8) is 0 Å². The summed E-state index contributed by atoms with van der Waals surface area (Å²) in [5, 5.41) is 36.6. The second kappa shape index (κ2) is 11.7. The summed E-state index contributed by atoms with van der Waals surface area (Å²) in [5.74, 6) is 0.654. The van der Waals surface area contributed by atoms with Crippen molar-refractivity contribution in [2.75, 3.05) is 43.4 Å². The minimum absolute atomic E-state index is 0.0935. The molecule has 0 amide bonds. The van der Waals surface area contributed by atoms with Crippen LogP contribution >= 0.6 is 0 Å². The minimum Gasteiger partial charge on any atom is -0.390 e. The van der Waals surface area contributed by atoms with E-state index in [1.807, 2.05) is 42.3 Å². The van der Waals surface area contributed by atoms with Gasteiger partial charge in [-0.2, -0.15) is 5.10 Å². The van der Waals surface area contributed by atoms with Crippen molar-refractivity contribution in [3.8, 4) is 0 Å². The molecule has 0 aliphatic heterocycles. The Morgan fingerprint density at radius 3 is 2.76 bits per heavy atom. The molecule has 10 heteroatoms. The topological polar surface area (TPSA) is 127 Å². The van der Waals surface area contributed by atoms with E-state index < -0.39 is 12.2 Å². The number of aromatic amines is 1. The summed E-state index contributed by atoms with van der Waals surface area (Å²) in [6, 6.07) is 12.2. The lowest BCUT2D eigenvalue weighted by molar-refractivity contribution is 0.00792. The first-order chi connectivity index (χ1) is 18.2. The van der Waals surface area contributed by atoms with Crippen LogP contribution in [0.3, 0.4) is 0 Å². The quantitative estimate of drug-likeness (QED) is 0.186. The van der Waals surface area contributed by atoms with Gasteiger partial charge in [-0.25, -0.2) is 9.97 Å². The third-order valence-electron chi connectivity index (χ3n) is 7.39. The van der Waals surface area contributed by atoms with Gasteiger partial charge in [-0.3, -0.25) is 5.10 Å². The van der Waals surface area contributed by atoms with Gasteiger partial charge in [-0.05, 0) is 44.0 Å². The average molecular weight is 505 g/mol.